The van der Waals surface area contributed by atoms with E-state index in [1.807, 2.05) is 36.4 Å². The van der Waals surface area contributed by atoms with E-state index in [2.05, 4.69) is 21.7 Å². The highest BCUT2D eigenvalue weighted by molar-refractivity contribution is 6.07. The quantitative estimate of drug-likeness (QED) is 0.246. The van der Waals surface area contributed by atoms with Gasteiger partial charge < -0.3 is 20.1 Å². The van der Waals surface area contributed by atoms with E-state index in [-0.39, 0.29) is 11.7 Å². The van der Waals surface area contributed by atoms with Crippen LogP contribution in [0.4, 0.5) is 5.69 Å². The van der Waals surface area contributed by atoms with Crippen molar-refractivity contribution in [3.05, 3.63) is 113 Å². The molecule has 168 valence electrons. The van der Waals surface area contributed by atoms with E-state index in [4.69, 9.17) is 20.2 Å². The molecule has 5 aromatic rings. The molecule has 1 amide bonds. The van der Waals surface area contributed by atoms with Gasteiger partial charge in [0.2, 0.25) is 0 Å². The van der Waals surface area contributed by atoms with Crippen LogP contribution in [0.15, 0.2) is 88.6 Å². The summed E-state index contributed by atoms with van der Waals surface area (Å²) in [6.45, 7) is 0. The molecule has 5 rings (SSSR count). The van der Waals surface area contributed by atoms with Gasteiger partial charge >= 0.3 is 0 Å². The summed E-state index contributed by atoms with van der Waals surface area (Å²) in [7, 11) is 0. The third kappa shape index (κ3) is 4.71. The number of carbonyl (C=O) groups excluding carboxylic acids is 1. The lowest BCUT2D eigenvalue weighted by Crippen LogP contribution is -2.13. The first-order valence-corrected chi connectivity index (χ1v) is 10.6. The Bertz CT molecular complexity index is 1420. The molecule has 0 spiro atoms. The normalized spacial score (nSPS) is 10.9. The number of carbonyl (C=O) groups is 1. The Labute approximate surface area is 194 Å². The number of hydrogen-bond acceptors (Lipinski definition) is 6. The van der Waals surface area contributed by atoms with Crippen molar-refractivity contribution in [1.29, 1.82) is 5.41 Å². The number of nitrogens with one attached hydrogen (secondary N) is 2. The Balaban J connectivity index is 1.42. The number of anilines is 1. The first-order valence-electron chi connectivity index (χ1n) is 10.6. The second-order valence-corrected chi connectivity index (χ2v) is 8.10. The highest BCUT2D eigenvalue weighted by atomic mass is 16.5. The number of aromatic nitrogens is 2. The second-order valence-electron chi connectivity index (χ2n) is 8.10. The van der Waals surface area contributed by atoms with Crippen LogP contribution in [-0.4, -0.2) is 22.1 Å². The fourth-order valence-corrected chi connectivity index (χ4v) is 3.90. The van der Waals surface area contributed by atoms with Crippen molar-refractivity contribution in [1.82, 2.24) is 10.3 Å². The number of rotatable bonds is 7. The molecule has 2 aromatic heterocycles. The lowest BCUT2D eigenvalue weighted by molar-refractivity contribution is 0.102. The Morgan fingerprint density at radius 2 is 1.35 bits per heavy atom. The van der Waals surface area contributed by atoms with Crippen LogP contribution in [0.5, 0.6) is 0 Å². The molecule has 34 heavy (non-hydrogen) atoms. The molecule has 0 aliphatic rings. The van der Waals surface area contributed by atoms with Gasteiger partial charge in [0.05, 0.1) is 12.4 Å². The lowest BCUT2D eigenvalue weighted by Gasteiger charge is -2.11. The maximum absolute atomic E-state index is 13.1. The van der Waals surface area contributed by atoms with Crippen LogP contribution in [0.1, 0.15) is 38.2 Å². The molecule has 0 aliphatic heterocycles. The highest BCUT2D eigenvalue weighted by Gasteiger charge is 2.11. The minimum atomic E-state index is -0.212. The van der Waals surface area contributed by atoms with Crippen molar-refractivity contribution in [2.75, 3.05) is 5.32 Å². The van der Waals surface area contributed by atoms with Crippen molar-refractivity contribution in [2.45, 2.75) is 12.8 Å². The van der Waals surface area contributed by atoms with E-state index in [0.29, 0.717) is 29.7 Å². The van der Waals surface area contributed by atoms with Crippen LogP contribution in [0.2, 0.25) is 0 Å². The van der Waals surface area contributed by atoms with E-state index in [1.54, 1.807) is 37.1 Å². The van der Waals surface area contributed by atoms with E-state index in [0.717, 1.165) is 33.0 Å². The maximum atomic E-state index is 13.1. The molecular formula is C26H21N5O3. The summed E-state index contributed by atoms with van der Waals surface area (Å²) in [6.07, 6.45) is 7.82. The van der Waals surface area contributed by atoms with Gasteiger partial charge in [0.1, 0.15) is 18.4 Å². The van der Waals surface area contributed by atoms with Crippen LogP contribution in [0.3, 0.4) is 0 Å². The first kappa shape index (κ1) is 21.1. The number of hydrogen-bond donors (Lipinski definition) is 3. The van der Waals surface area contributed by atoms with Crippen LogP contribution in [0.25, 0.3) is 10.8 Å². The molecule has 2 heterocycles. The van der Waals surface area contributed by atoms with Crippen LogP contribution in [-0.2, 0) is 12.8 Å². The maximum Gasteiger partial charge on any atom is 0.255 e. The molecule has 0 aliphatic carbocycles. The first-order chi connectivity index (χ1) is 16.5. The Morgan fingerprint density at radius 1 is 0.794 bits per heavy atom. The molecular weight excluding hydrogens is 430 g/mol. The van der Waals surface area contributed by atoms with Gasteiger partial charge in [0.15, 0.2) is 0 Å². The topological polar surface area (TPSA) is 131 Å². The third-order valence-electron chi connectivity index (χ3n) is 5.51. The molecule has 4 N–H and O–H groups in total. The third-order valence-corrected chi connectivity index (χ3v) is 5.51. The van der Waals surface area contributed by atoms with Gasteiger partial charge in [-0.3, -0.25) is 10.2 Å². The smallest absolute Gasteiger partial charge is 0.255 e. The van der Waals surface area contributed by atoms with Crippen LogP contribution in [0, 0.1) is 5.41 Å². The number of benzene rings is 3. The number of nitrogens with two attached hydrogens (primary N) is 1. The fraction of sp³-hybridized carbons (Fsp3) is 0.0769. The monoisotopic (exact) mass is 451 g/mol. The summed E-state index contributed by atoms with van der Waals surface area (Å²) in [5.41, 5.74) is 11.4. The van der Waals surface area contributed by atoms with Crippen molar-refractivity contribution in [2.24, 2.45) is 5.73 Å². The zero-order chi connectivity index (χ0) is 23.5. The Morgan fingerprint density at radius 3 is 1.88 bits per heavy atom. The number of amides is 1. The molecule has 0 fully saturated rings. The minimum absolute atomic E-state index is 0.0109. The zero-order valence-corrected chi connectivity index (χ0v) is 18.1. The van der Waals surface area contributed by atoms with Crippen LogP contribution < -0.4 is 11.1 Å². The Hall–Kier alpha value is -4.72. The number of fused-ring (bicyclic) bond motifs is 1. The largest absolute Gasteiger partial charge is 0.384 e. The van der Waals surface area contributed by atoms with E-state index in [9.17, 15) is 4.79 Å². The SMILES string of the molecule is N=C(N)c1ccc2cc(C(=O)Nc3cc(Cc4cnoc4)cc(Cc4cnoc4)c3)ccc2c1. The number of nitrogens with zero attached hydrogens (tertiary/aromatic N) is 2. The molecule has 0 radical (unpaired) electrons. The lowest BCUT2D eigenvalue weighted by atomic mass is 10.00. The van der Waals surface area contributed by atoms with Gasteiger partial charge in [-0.25, -0.2) is 0 Å². The van der Waals surface area contributed by atoms with Crippen molar-refractivity contribution in [3.63, 3.8) is 0 Å². The van der Waals surface area contributed by atoms with Gasteiger partial charge in [0.25, 0.3) is 5.91 Å². The van der Waals surface area contributed by atoms with E-state index >= 15 is 0 Å². The summed E-state index contributed by atoms with van der Waals surface area (Å²) in [6, 6.07) is 16.9. The van der Waals surface area contributed by atoms with Gasteiger partial charge in [-0.05, 0) is 52.2 Å². The fourth-order valence-electron chi connectivity index (χ4n) is 3.90. The average Bonchev–Trinajstić information content (AvgIpc) is 3.52. The number of amidine groups is 1. The van der Waals surface area contributed by atoms with Gasteiger partial charge in [0, 0.05) is 40.8 Å². The van der Waals surface area contributed by atoms with E-state index in [1.165, 1.54) is 0 Å². The predicted molar refractivity (Wildman–Crippen MR) is 128 cm³/mol. The summed E-state index contributed by atoms with van der Waals surface area (Å²) in [5, 5.41) is 20.0. The standard InChI is InChI=1S/C26H21N5O3/c27-25(28)22-3-1-21-11-23(4-2-20(21)10-22)26(32)31-24-8-16(6-18-12-29-33-14-18)5-17(9-24)7-19-13-30-34-15-19/h1-5,8-15H,6-7H2,(H3,27,28)(H,31,32). The molecule has 0 atom stereocenters. The summed E-state index contributed by atoms with van der Waals surface area (Å²) >= 11 is 0. The van der Waals surface area contributed by atoms with Crippen molar-refractivity contribution < 1.29 is 13.8 Å². The van der Waals surface area contributed by atoms with Crippen molar-refractivity contribution in [3.8, 4) is 0 Å². The molecule has 0 saturated heterocycles. The number of nitrogen functional groups attached to an aromatic ring is 1. The van der Waals surface area contributed by atoms with Crippen molar-refractivity contribution >= 4 is 28.2 Å². The zero-order valence-electron chi connectivity index (χ0n) is 18.1. The van der Waals surface area contributed by atoms with Gasteiger partial charge in [-0.15, -0.1) is 0 Å². The average molecular weight is 451 g/mol. The Kier molecular flexibility index (Phi) is 5.61. The van der Waals surface area contributed by atoms with Gasteiger partial charge in [-0.1, -0.05) is 34.6 Å². The molecule has 0 unspecified atom stereocenters. The van der Waals surface area contributed by atoms with E-state index < -0.39 is 0 Å². The molecule has 8 heteroatoms. The molecule has 3 aromatic carbocycles. The van der Waals surface area contributed by atoms with Gasteiger partial charge in [-0.2, -0.15) is 0 Å². The predicted octanol–water partition coefficient (Wildman–Crippen LogP) is 4.53. The molecule has 8 nitrogen and oxygen atoms in total. The summed E-state index contributed by atoms with van der Waals surface area (Å²) < 4.78 is 9.90. The second kappa shape index (κ2) is 9.03. The summed E-state index contributed by atoms with van der Waals surface area (Å²) in [4.78, 5) is 13.1. The van der Waals surface area contributed by atoms with Crippen LogP contribution >= 0.6 is 0 Å². The summed E-state index contributed by atoms with van der Waals surface area (Å²) in [5.74, 6) is -0.201. The minimum Gasteiger partial charge on any atom is -0.384 e. The highest BCUT2D eigenvalue weighted by Crippen LogP contribution is 2.23. The molecule has 0 bridgehead atoms. The molecule has 0 saturated carbocycles.